The molecule has 6 heteroatoms. The van der Waals surface area contributed by atoms with Gasteiger partial charge in [-0.3, -0.25) is 9.36 Å². The third-order valence-electron chi connectivity index (χ3n) is 3.89. The minimum atomic E-state index is -0.0750. The molecular formula is C18H15N5O. The molecule has 0 amide bonds. The van der Waals surface area contributed by atoms with Crippen molar-refractivity contribution in [3.8, 4) is 5.69 Å². The maximum atomic E-state index is 13.1. The van der Waals surface area contributed by atoms with E-state index in [1.165, 1.54) is 6.33 Å². The first kappa shape index (κ1) is 14.2. The predicted octanol–water partition coefficient (Wildman–Crippen LogP) is 2.21. The molecule has 0 radical (unpaired) electrons. The van der Waals surface area contributed by atoms with Gasteiger partial charge in [0, 0.05) is 11.3 Å². The van der Waals surface area contributed by atoms with Gasteiger partial charge in [-0.15, -0.1) is 5.10 Å². The Morgan fingerprint density at radius 1 is 1.00 bits per heavy atom. The molecule has 2 heterocycles. The normalized spacial score (nSPS) is 11.0. The predicted molar refractivity (Wildman–Crippen MR) is 93.1 cm³/mol. The number of pyridine rings is 1. The summed E-state index contributed by atoms with van der Waals surface area (Å²) in [4.78, 5) is 17.0. The minimum Gasteiger partial charge on any atom is -0.367 e. The van der Waals surface area contributed by atoms with Crippen LogP contribution in [0.25, 0.3) is 16.6 Å². The molecule has 4 aromatic rings. The lowest BCUT2D eigenvalue weighted by Crippen LogP contribution is -2.24. The van der Waals surface area contributed by atoms with E-state index in [4.69, 9.17) is 5.73 Å². The van der Waals surface area contributed by atoms with Crippen LogP contribution in [-0.4, -0.2) is 19.3 Å². The number of para-hydroxylation sites is 2. The van der Waals surface area contributed by atoms with Crippen molar-refractivity contribution in [2.24, 2.45) is 0 Å². The Labute approximate surface area is 137 Å². The second kappa shape index (κ2) is 5.66. The Bertz CT molecular complexity index is 1070. The van der Waals surface area contributed by atoms with E-state index in [0.29, 0.717) is 12.1 Å². The number of rotatable bonds is 3. The number of nitrogens with two attached hydrogens (primary N) is 1. The van der Waals surface area contributed by atoms with Gasteiger partial charge in [-0.05, 0) is 29.7 Å². The van der Waals surface area contributed by atoms with E-state index in [-0.39, 0.29) is 11.5 Å². The van der Waals surface area contributed by atoms with Crippen molar-refractivity contribution in [3.05, 3.63) is 82.9 Å². The Balaban J connectivity index is 1.96. The van der Waals surface area contributed by atoms with Gasteiger partial charge < -0.3 is 5.73 Å². The standard InChI is InChI=1S/C18H15N5O/c19-18-20-12-22(21-18)11-14-10-13-6-4-5-9-16(13)23(17(14)24)15-7-2-1-3-8-15/h1-10,12H,11H2,(H2,19,21). The minimum absolute atomic E-state index is 0.0750. The fourth-order valence-electron chi connectivity index (χ4n) is 2.82. The summed E-state index contributed by atoms with van der Waals surface area (Å²) in [5.41, 5.74) is 7.81. The summed E-state index contributed by atoms with van der Waals surface area (Å²) < 4.78 is 3.29. The maximum absolute atomic E-state index is 13.1. The van der Waals surface area contributed by atoms with Crippen LogP contribution >= 0.6 is 0 Å². The summed E-state index contributed by atoms with van der Waals surface area (Å²) in [5.74, 6) is 0.194. The summed E-state index contributed by atoms with van der Waals surface area (Å²) in [6.07, 6.45) is 1.52. The van der Waals surface area contributed by atoms with E-state index in [1.807, 2.05) is 60.7 Å². The van der Waals surface area contributed by atoms with Gasteiger partial charge in [0.2, 0.25) is 5.95 Å². The molecule has 0 aliphatic heterocycles. The van der Waals surface area contributed by atoms with Crippen LogP contribution in [-0.2, 0) is 6.54 Å². The molecule has 0 spiro atoms. The van der Waals surface area contributed by atoms with Crippen molar-refractivity contribution < 1.29 is 0 Å². The molecule has 2 aromatic heterocycles. The number of benzene rings is 2. The van der Waals surface area contributed by atoms with Crippen LogP contribution in [0.15, 0.2) is 71.8 Å². The first-order valence-corrected chi connectivity index (χ1v) is 7.56. The van der Waals surface area contributed by atoms with Crippen LogP contribution < -0.4 is 11.3 Å². The Morgan fingerprint density at radius 3 is 2.50 bits per heavy atom. The third-order valence-corrected chi connectivity index (χ3v) is 3.89. The van der Waals surface area contributed by atoms with Gasteiger partial charge in [0.05, 0.1) is 12.1 Å². The largest absolute Gasteiger partial charge is 0.367 e. The average Bonchev–Trinajstić information content (AvgIpc) is 3.01. The quantitative estimate of drug-likeness (QED) is 0.628. The van der Waals surface area contributed by atoms with Crippen LogP contribution in [0, 0.1) is 0 Å². The summed E-state index contributed by atoms with van der Waals surface area (Å²) in [6, 6.07) is 19.3. The van der Waals surface area contributed by atoms with Crippen molar-refractivity contribution >= 4 is 16.9 Å². The lowest BCUT2D eigenvalue weighted by Gasteiger charge is -2.13. The molecule has 0 atom stereocenters. The van der Waals surface area contributed by atoms with Gasteiger partial charge >= 0.3 is 0 Å². The monoisotopic (exact) mass is 317 g/mol. The number of hydrogen-bond donors (Lipinski definition) is 1. The number of nitrogen functional groups attached to an aromatic ring is 1. The van der Waals surface area contributed by atoms with Gasteiger partial charge in [-0.2, -0.15) is 0 Å². The highest BCUT2D eigenvalue weighted by molar-refractivity contribution is 5.81. The highest BCUT2D eigenvalue weighted by Crippen LogP contribution is 2.18. The lowest BCUT2D eigenvalue weighted by atomic mass is 10.1. The summed E-state index contributed by atoms with van der Waals surface area (Å²) in [7, 11) is 0. The van der Waals surface area contributed by atoms with Crippen LogP contribution in [0.4, 0.5) is 5.95 Å². The number of anilines is 1. The van der Waals surface area contributed by atoms with E-state index in [9.17, 15) is 4.79 Å². The molecule has 2 aromatic carbocycles. The topological polar surface area (TPSA) is 78.7 Å². The van der Waals surface area contributed by atoms with Gasteiger partial charge in [-0.25, -0.2) is 9.67 Å². The molecule has 0 saturated carbocycles. The zero-order valence-electron chi connectivity index (χ0n) is 12.8. The number of aromatic nitrogens is 4. The molecule has 0 saturated heterocycles. The van der Waals surface area contributed by atoms with Gasteiger partial charge in [-0.1, -0.05) is 36.4 Å². The molecule has 6 nitrogen and oxygen atoms in total. The molecule has 0 bridgehead atoms. The van der Waals surface area contributed by atoms with Crippen molar-refractivity contribution in [1.29, 1.82) is 0 Å². The molecule has 4 rings (SSSR count). The van der Waals surface area contributed by atoms with E-state index < -0.39 is 0 Å². The molecule has 24 heavy (non-hydrogen) atoms. The van der Waals surface area contributed by atoms with Crippen molar-refractivity contribution in [1.82, 2.24) is 19.3 Å². The lowest BCUT2D eigenvalue weighted by molar-refractivity contribution is 0.679. The Hall–Kier alpha value is -3.41. The van der Waals surface area contributed by atoms with Crippen LogP contribution in [0.2, 0.25) is 0 Å². The first-order chi connectivity index (χ1) is 11.7. The third kappa shape index (κ3) is 2.44. The second-order valence-corrected chi connectivity index (χ2v) is 5.50. The molecule has 2 N–H and O–H groups in total. The Morgan fingerprint density at radius 2 is 1.75 bits per heavy atom. The summed E-state index contributed by atoms with van der Waals surface area (Å²) in [5, 5.41) is 5.05. The highest BCUT2D eigenvalue weighted by Gasteiger charge is 2.11. The van der Waals surface area contributed by atoms with Crippen LogP contribution in [0.3, 0.4) is 0 Å². The van der Waals surface area contributed by atoms with Crippen molar-refractivity contribution in [2.75, 3.05) is 5.73 Å². The zero-order valence-corrected chi connectivity index (χ0v) is 12.8. The Kier molecular flexibility index (Phi) is 3.35. The van der Waals surface area contributed by atoms with Gasteiger partial charge in [0.15, 0.2) is 0 Å². The molecular weight excluding hydrogens is 302 g/mol. The average molecular weight is 317 g/mol. The first-order valence-electron chi connectivity index (χ1n) is 7.56. The smallest absolute Gasteiger partial charge is 0.260 e. The molecule has 0 aliphatic carbocycles. The maximum Gasteiger partial charge on any atom is 0.260 e. The highest BCUT2D eigenvalue weighted by atomic mass is 16.1. The molecule has 0 aliphatic rings. The van der Waals surface area contributed by atoms with Crippen molar-refractivity contribution in [2.45, 2.75) is 6.54 Å². The van der Waals surface area contributed by atoms with Gasteiger partial charge in [0.25, 0.3) is 5.56 Å². The zero-order chi connectivity index (χ0) is 16.5. The molecule has 118 valence electrons. The summed E-state index contributed by atoms with van der Waals surface area (Å²) in [6.45, 7) is 0.320. The fraction of sp³-hybridized carbons (Fsp3) is 0.0556. The number of hydrogen-bond acceptors (Lipinski definition) is 4. The van der Waals surface area contributed by atoms with E-state index >= 15 is 0 Å². The molecule has 0 fully saturated rings. The van der Waals surface area contributed by atoms with Crippen LogP contribution in [0.1, 0.15) is 5.56 Å². The van der Waals surface area contributed by atoms with Crippen molar-refractivity contribution in [3.63, 3.8) is 0 Å². The van der Waals surface area contributed by atoms with Crippen LogP contribution in [0.5, 0.6) is 0 Å². The van der Waals surface area contributed by atoms with E-state index in [2.05, 4.69) is 10.1 Å². The fourth-order valence-corrected chi connectivity index (χ4v) is 2.82. The molecule has 0 unspecified atom stereocenters. The summed E-state index contributed by atoms with van der Waals surface area (Å²) >= 11 is 0. The van der Waals surface area contributed by atoms with Gasteiger partial charge in [0.1, 0.15) is 6.33 Å². The number of nitrogens with zero attached hydrogens (tertiary/aromatic N) is 4. The van der Waals surface area contributed by atoms with E-state index in [1.54, 1.807) is 9.25 Å². The van der Waals surface area contributed by atoms with E-state index in [0.717, 1.165) is 16.6 Å². The second-order valence-electron chi connectivity index (χ2n) is 5.50. The SMILES string of the molecule is Nc1ncn(Cc2cc3ccccc3n(-c3ccccc3)c2=O)n1. The number of fused-ring (bicyclic) bond motifs is 1.